The second-order valence-electron chi connectivity index (χ2n) is 3.61. The second-order valence-corrected chi connectivity index (χ2v) is 3.61. The van der Waals surface area contributed by atoms with Gasteiger partial charge in [0, 0.05) is 25.4 Å². The third-order valence-electron chi connectivity index (χ3n) is 2.21. The van der Waals surface area contributed by atoms with E-state index in [1.165, 1.54) is 0 Å². The molecule has 0 bridgehead atoms. The van der Waals surface area contributed by atoms with Crippen LogP contribution in [0.15, 0.2) is 12.3 Å². The predicted molar refractivity (Wildman–Crippen MR) is 63.6 cm³/mol. The highest BCUT2D eigenvalue weighted by Gasteiger charge is 2.10. The smallest absolute Gasteiger partial charge is 0.250 e. The molecule has 0 amide bonds. The molecule has 0 radical (unpaired) electrons. The Morgan fingerprint density at radius 3 is 2.94 bits per heavy atom. The van der Waals surface area contributed by atoms with Gasteiger partial charge in [0.25, 0.3) is 5.88 Å². The van der Waals surface area contributed by atoms with Gasteiger partial charge in [-0.2, -0.15) is 0 Å². The lowest BCUT2D eigenvalue weighted by atomic mass is 10.2. The van der Waals surface area contributed by atoms with Gasteiger partial charge in [0.15, 0.2) is 5.82 Å². The van der Waals surface area contributed by atoms with Crippen LogP contribution in [0.2, 0.25) is 0 Å². The second kappa shape index (κ2) is 7.97. The number of nitrogens with one attached hydrogen (secondary N) is 1. The standard InChI is InChI=1S/C12H19FN2O2/c1-3-5-14-9-10-4-6-15-12(11(10)13)17-8-7-16-2/h4,6,14H,3,5,7-9H2,1-2H3. The van der Waals surface area contributed by atoms with Crippen molar-refractivity contribution in [1.82, 2.24) is 10.3 Å². The molecule has 0 aliphatic heterocycles. The minimum Gasteiger partial charge on any atom is -0.473 e. The fraction of sp³-hybridized carbons (Fsp3) is 0.583. The summed E-state index contributed by atoms with van der Waals surface area (Å²) in [5.41, 5.74) is 0.570. The Bertz CT molecular complexity index is 306. The number of ether oxygens (including phenoxy) is 2. The monoisotopic (exact) mass is 242 g/mol. The van der Waals surface area contributed by atoms with E-state index in [0.717, 1.165) is 13.0 Å². The molecule has 17 heavy (non-hydrogen) atoms. The Kier molecular flexibility index (Phi) is 6.50. The number of hydrogen-bond donors (Lipinski definition) is 1. The van der Waals surface area contributed by atoms with E-state index < -0.39 is 5.82 Å². The molecule has 4 nitrogen and oxygen atoms in total. The van der Waals surface area contributed by atoms with Crippen LogP contribution in [-0.4, -0.2) is 31.9 Å². The predicted octanol–water partition coefficient (Wildman–Crippen LogP) is 1.75. The number of rotatable bonds is 8. The molecule has 1 rings (SSSR count). The van der Waals surface area contributed by atoms with Gasteiger partial charge in [-0.15, -0.1) is 0 Å². The third kappa shape index (κ3) is 4.66. The summed E-state index contributed by atoms with van der Waals surface area (Å²) in [5, 5.41) is 3.14. The highest BCUT2D eigenvalue weighted by atomic mass is 19.1. The number of halogens is 1. The van der Waals surface area contributed by atoms with Crippen molar-refractivity contribution < 1.29 is 13.9 Å². The summed E-state index contributed by atoms with van der Waals surface area (Å²) in [5.74, 6) is -0.356. The molecular weight excluding hydrogens is 223 g/mol. The lowest BCUT2D eigenvalue weighted by Gasteiger charge is -2.09. The van der Waals surface area contributed by atoms with Crippen molar-refractivity contribution in [3.05, 3.63) is 23.6 Å². The number of nitrogens with zero attached hydrogens (tertiary/aromatic N) is 1. The van der Waals surface area contributed by atoms with Crippen LogP contribution >= 0.6 is 0 Å². The zero-order valence-electron chi connectivity index (χ0n) is 10.3. The van der Waals surface area contributed by atoms with Crippen molar-refractivity contribution in [1.29, 1.82) is 0 Å². The van der Waals surface area contributed by atoms with Gasteiger partial charge in [0.05, 0.1) is 6.61 Å². The van der Waals surface area contributed by atoms with Gasteiger partial charge < -0.3 is 14.8 Å². The molecule has 0 aliphatic rings. The Hall–Kier alpha value is -1.20. The number of hydrogen-bond acceptors (Lipinski definition) is 4. The number of methoxy groups -OCH3 is 1. The highest BCUT2D eigenvalue weighted by Crippen LogP contribution is 2.17. The quantitative estimate of drug-likeness (QED) is 0.705. The van der Waals surface area contributed by atoms with Gasteiger partial charge in [-0.3, -0.25) is 0 Å². The van der Waals surface area contributed by atoms with Gasteiger partial charge in [0.2, 0.25) is 0 Å². The minimum atomic E-state index is -0.396. The van der Waals surface area contributed by atoms with Crippen LogP contribution in [0.5, 0.6) is 5.88 Å². The highest BCUT2D eigenvalue weighted by molar-refractivity contribution is 5.23. The van der Waals surface area contributed by atoms with Crippen LogP contribution in [0.1, 0.15) is 18.9 Å². The van der Waals surface area contributed by atoms with Gasteiger partial charge in [-0.25, -0.2) is 9.37 Å². The first kappa shape index (κ1) is 13.9. The molecule has 1 N–H and O–H groups in total. The Morgan fingerprint density at radius 2 is 2.24 bits per heavy atom. The number of aromatic nitrogens is 1. The molecule has 0 saturated heterocycles. The van der Waals surface area contributed by atoms with E-state index in [9.17, 15) is 4.39 Å². The van der Waals surface area contributed by atoms with E-state index in [2.05, 4.69) is 17.2 Å². The summed E-state index contributed by atoms with van der Waals surface area (Å²) < 4.78 is 23.9. The average Bonchev–Trinajstić information content (AvgIpc) is 2.34. The van der Waals surface area contributed by atoms with Crippen LogP contribution < -0.4 is 10.1 Å². The zero-order valence-corrected chi connectivity index (χ0v) is 10.3. The number of pyridine rings is 1. The maximum Gasteiger partial charge on any atom is 0.250 e. The Balaban J connectivity index is 2.56. The van der Waals surface area contributed by atoms with Gasteiger partial charge in [-0.05, 0) is 19.0 Å². The van der Waals surface area contributed by atoms with Crippen molar-refractivity contribution in [3.8, 4) is 5.88 Å². The summed E-state index contributed by atoms with van der Waals surface area (Å²) in [7, 11) is 1.57. The first-order valence-corrected chi connectivity index (χ1v) is 5.75. The largest absolute Gasteiger partial charge is 0.473 e. The SMILES string of the molecule is CCCNCc1ccnc(OCCOC)c1F. The molecule has 1 aromatic rings. The van der Waals surface area contributed by atoms with E-state index in [0.29, 0.717) is 25.3 Å². The molecule has 0 spiro atoms. The third-order valence-corrected chi connectivity index (χ3v) is 2.21. The topological polar surface area (TPSA) is 43.4 Å². The fourth-order valence-electron chi connectivity index (χ4n) is 1.32. The van der Waals surface area contributed by atoms with Gasteiger partial charge in [0.1, 0.15) is 6.61 Å². The molecule has 0 fully saturated rings. The first-order chi connectivity index (χ1) is 8.29. The molecule has 0 atom stereocenters. The average molecular weight is 242 g/mol. The van der Waals surface area contributed by atoms with Crippen molar-refractivity contribution >= 4 is 0 Å². The van der Waals surface area contributed by atoms with E-state index in [1.807, 2.05) is 0 Å². The van der Waals surface area contributed by atoms with E-state index in [-0.39, 0.29) is 5.88 Å². The Labute approximate surface area is 101 Å². The van der Waals surface area contributed by atoms with Gasteiger partial charge >= 0.3 is 0 Å². The molecule has 96 valence electrons. The molecule has 0 aromatic carbocycles. The van der Waals surface area contributed by atoms with E-state index in [1.54, 1.807) is 19.4 Å². The Morgan fingerprint density at radius 1 is 1.41 bits per heavy atom. The van der Waals surface area contributed by atoms with Crippen LogP contribution in [-0.2, 0) is 11.3 Å². The lowest BCUT2D eigenvalue weighted by Crippen LogP contribution is -2.16. The molecule has 0 saturated carbocycles. The van der Waals surface area contributed by atoms with Crippen molar-refractivity contribution in [2.24, 2.45) is 0 Å². The maximum atomic E-state index is 13.9. The fourth-order valence-corrected chi connectivity index (χ4v) is 1.32. The lowest BCUT2D eigenvalue weighted by molar-refractivity contribution is 0.140. The first-order valence-electron chi connectivity index (χ1n) is 5.75. The van der Waals surface area contributed by atoms with Gasteiger partial charge in [-0.1, -0.05) is 6.92 Å². The summed E-state index contributed by atoms with van der Waals surface area (Å²) >= 11 is 0. The summed E-state index contributed by atoms with van der Waals surface area (Å²) in [4.78, 5) is 3.86. The molecular formula is C12H19FN2O2. The zero-order chi connectivity index (χ0) is 12.5. The van der Waals surface area contributed by atoms with Crippen molar-refractivity contribution in [2.75, 3.05) is 26.9 Å². The van der Waals surface area contributed by atoms with Crippen LogP contribution in [0.3, 0.4) is 0 Å². The molecule has 5 heteroatoms. The molecule has 1 aromatic heterocycles. The van der Waals surface area contributed by atoms with Crippen LogP contribution in [0.25, 0.3) is 0 Å². The summed E-state index contributed by atoms with van der Waals surface area (Å²) in [6.07, 6.45) is 2.57. The van der Waals surface area contributed by atoms with Crippen LogP contribution in [0, 0.1) is 5.82 Å². The summed E-state index contributed by atoms with van der Waals surface area (Å²) in [6, 6.07) is 1.65. The van der Waals surface area contributed by atoms with Crippen LogP contribution in [0.4, 0.5) is 4.39 Å². The van der Waals surface area contributed by atoms with E-state index >= 15 is 0 Å². The minimum absolute atomic E-state index is 0.0397. The van der Waals surface area contributed by atoms with Crippen molar-refractivity contribution in [3.63, 3.8) is 0 Å². The van der Waals surface area contributed by atoms with E-state index in [4.69, 9.17) is 9.47 Å². The normalized spacial score (nSPS) is 10.5. The molecule has 0 unspecified atom stereocenters. The molecule has 1 heterocycles. The molecule has 0 aliphatic carbocycles. The maximum absolute atomic E-state index is 13.9. The van der Waals surface area contributed by atoms with Crippen molar-refractivity contribution in [2.45, 2.75) is 19.9 Å². The summed E-state index contributed by atoms with van der Waals surface area (Å²) in [6.45, 7) is 4.13.